The van der Waals surface area contributed by atoms with E-state index in [9.17, 15) is 0 Å². The monoisotopic (exact) mass is 512 g/mol. The lowest BCUT2D eigenvalue weighted by atomic mass is 9.94. The summed E-state index contributed by atoms with van der Waals surface area (Å²) >= 11 is 0. The molecule has 0 unspecified atom stereocenters. The summed E-state index contributed by atoms with van der Waals surface area (Å²) in [5, 5.41) is 0. The van der Waals surface area contributed by atoms with Crippen LogP contribution in [-0.2, 0) is 0 Å². The van der Waals surface area contributed by atoms with Crippen LogP contribution in [0.4, 0.5) is 11.4 Å². The van der Waals surface area contributed by atoms with Crippen LogP contribution in [0.3, 0.4) is 0 Å². The first kappa shape index (κ1) is 23.6. The molecule has 0 radical (unpaired) electrons. The van der Waals surface area contributed by atoms with Crippen LogP contribution in [0, 0.1) is 0 Å². The number of rotatable bonds is 4. The maximum atomic E-state index is 5.27. The Morgan fingerprint density at radius 3 is 1.12 bits per heavy atom. The molecule has 6 aromatic rings. The minimum atomic E-state index is 0.887. The van der Waals surface area contributed by atoms with Crippen LogP contribution in [-0.4, -0.2) is 21.4 Å². The lowest BCUT2D eigenvalue weighted by Gasteiger charge is -2.18. The fraction of sp³-hybridized carbons (Fsp3) is 0. The molecule has 0 bridgehead atoms. The van der Waals surface area contributed by atoms with Crippen LogP contribution < -0.4 is 0 Å². The third-order valence-electron chi connectivity index (χ3n) is 7.09. The average Bonchev–Trinajstić information content (AvgIpc) is 3.03. The number of aromatic nitrogens is 2. The minimum Gasteiger partial charge on any atom is -0.264 e. The predicted molar refractivity (Wildman–Crippen MR) is 163 cm³/mol. The molecule has 2 aromatic heterocycles. The number of hydrogen-bond donors (Lipinski definition) is 0. The maximum absolute atomic E-state index is 5.27. The molecule has 4 heteroatoms. The molecule has 0 fully saturated rings. The SMILES string of the molecule is c1cncc(-c2ccc(/C3=N/c4ccccc4/C(c4ccc(-c5cccnc5)cc4)=N\c4ccccc43)cc2)c1. The summed E-state index contributed by atoms with van der Waals surface area (Å²) in [5.74, 6) is 0. The highest BCUT2D eigenvalue weighted by Crippen LogP contribution is 2.34. The third-order valence-corrected chi connectivity index (χ3v) is 7.09. The third kappa shape index (κ3) is 4.52. The molecule has 4 nitrogen and oxygen atoms in total. The van der Waals surface area contributed by atoms with Crippen LogP contribution in [0.1, 0.15) is 22.3 Å². The predicted octanol–water partition coefficient (Wildman–Crippen LogP) is 8.46. The fourth-order valence-electron chi connectivity index (χ4n) is 5.05. The summed E-state index contributed by atoms with van der Waals surface area (Å²) in [6, 6.07) is 41.5. The Labute approximate surface area is 233 Å². The number of aliphatic imine (C=N–C) groups is 2. The van der Waals surface area contributed by atoms with Gasteiger partial charge in [0.15, 0.2) is 0 Å². The van der Waals surface area contributed by atoms with Gasteiger partial charge in [0.2, 0.25) is 0 Å². The first-order valence-electron chi connectivity index (χ1n) is 13.2. The first-order valence-corrected chi connectivity index (χ1v) is 13.2. The van der Waals surface area contributed by atoms with Gasteiger partial charge in [0.25, 0.3) is 0 Å². The van der Waals surface area contributed by atoms with Crippen molar-refractivity contribution in [2.45, 2.75) is 0 Å². The Bertz CT molecular complexity index is 1710. The Hall–Kier alpha value is -5.48. The van der Waals surface area contributed by atoms with Gasteiger partial charge >= 0.3 is 0 Å². The van der Waals surface area contributed by atoms with Gasteiger partial charge in [-0.05, 0) is 46.5 Å². The Kier molecular flexibility index (Phi) is 6.11. The van der Waals surface area contributed by atoms with Gasteiger partial charge in [-0.15, -0.1) is 0 Å². The molecule has 4 aromatic carbocycles. The number of hydrogen-bond acceptors (Lipinski definition) is 4. The lowest BCUT2D eigenvalue weighted by Crippen LogP contribution is -2.10. The van der Waals surface area contributed by atoms with E-state index >= 15 is 0 Å². The summed E-state index contributed by atoms with van der Waals surface area (Å²) in [4.78, 5) is 19.1. The molecule has 0 saturated carbocycles. The Balaban J connectivity index is 1.34. The van der Waals surface area contributed by atoms with E-state index in [0.717, 1.165) is 67.3 Å². The minimum absolute atomic E-state index is 0.887. The van der Waals surface area contributed by atoms with Crippen molar-refractivity contribution in [3.8, 4) is 22.3 Å². The number of fused-ring (bicyclic) bond motifs is 2. The molecule has 1 aliphatic heterocycles. The number of para-hydroxylation sites is 2. The smallest absolute Gasteiger partial charge is 0.0803 e. The maximum Gasteiger partial charge on any atom is 0.0803 e. The van der Waals surface area contributed by atoms with Crippen LogP contribution in [0.2, 0.25) is 0 Å². The topological polar surface area (TPSA) is 50.5 Å². The van der Waals surface area contributed by atoms with Gasteiger partial charge in [0, 0.05) is 47.0 Å². The lowest BCUT2D eigenvalue weighted by molar-refractivity contribution is 1.33. The van der Waals surface area contributed by atoms with E-state index in [1.807, 2.05) is 48.8 Å². The average molecular weight is 513 g/mol. The van der Waals surface area contributed by atoms with Crippen molar-refractivity contribution in [1.82, 2.24) is 9.97 Å². The number of pyridine rings is 2. The van der Waals surface area contributed by atoms with Gasteiger partial charge in [0.05, 0.1) is 22.8 Å². The molecule has 0 amide bonds. The van der Waals surface area contributed by atoms with Gasteiger partial charge < -0.3 is 0 Å². The molecular formula is C36H24N4. The van der Waals surface area contributed by atoms with E-state index in [0.29, 0.717) is 0 Å². The summed E-state index contributed by atoms with van der Waals surface area (Å²) in [7, 11) is 0. The van der Waals surface area contributed by atoms with Crippen LogP contribution >= 0.6 is 0 Å². The molecule has 188 valence electrons. The molecule has 0 aliphatic carbocycles. The molecule has 0 atom stereocenters. The molecular weight excluding hydrogens is 488 g/mol. The molecule has 40 heavy (non-hydrogen) atoms. The zero-order valence-electron chi connectivity index (χ0n) is 21.6. The van der Waals surface area contributed by atoms with Gasteiger partial charge in [0.1, 0.15) is 0 Å². The van der Waals surface area contributed by atoms with Crippen molar-refractivity contribution in [2.24, 2.45) is 9.98 Å². The molecule has 3 heterocycles. The Morgan fingerprint density at radius 2 is 0.725 bits per heavy atom. The Morgan fingerprint density at radius 1 is 0.325 bits per heavy atom. The zero-order chi connectivity index (χ0) is 26.7. The standard InChI is InChI=1S/C36H24N4/c1-3-11-33-31(9-1)35(27-17-13-25(14-18-27)29-7-5-21-37-23-29)40-34-12-4-2-10-32(34)36(39-33)28-19-15-26(16-20-28)30-8-6-22-38-24-30/h1-24H/b35-31?,36-32?,39-33?,39-36-,40-34?,40-35-. The van der Waals surface area contributed by atoms with E-state index in [-0.39, 0.29) is 0 Å². The number of nitrogens with zero attached hydrogens (tertiary/aromatic N) is 4. The molecule has 7 rings (SSSR count). The second-order valence-electron chi connectivity index (χ2n) is 9.59. The van der Waals surface area contributed by atoms with Crippen LogP contribution in [0.15, 0.2) is 156 Å². The summed E-state index contributed by atoms with van der Waals surface area (Å²) < 4.78 is 0. The second-order valence-corrected chi connectivity index (χ2v) is 9.59. The van der Waals surface area contributed by atoms with E-state index < -0.39 is 0 Å². The quantitative estimate of drug-likeness (QED) is 0.237. The molecule has 0 saturated heterocycles. The van der Waals surface area contributed by atoms with Crippen molar-refractivity contribution >= 4 is 22.8 Å². The van der Waals surface area contributed by atoms with E-state index in [4.69, 9.17) is 9.98 Å². The first-order chi connectivity index (χ1) is 19.8. The number of benzene rings is 4. The molecule has 1 aliphatic rings. The molecule has 0 spiro atoms. The molecule has 0 N–H and O–H groups in total. The van der Waals surface area contributed by atoms with E-state index in [1.54, 1.807) is 12.4 Å². The van der Waals surface area contributed by atoms with Crippen molar-refractivity contribution in [3.05, 3.63) is 168 Å². The van der Waals surface area contributed by atoms with Gasteiger partial charge in [-0.1, -0.05) is 97.1 Å². The normalized spacial score (nSPS) is 14.9. The highest BCUT2D eigenvalue weighted by atomic mass is 14.8. The van der Waals surface area contributed by atoms with Gasteiger partial charge in [-0.2, -0.15) is 0 Å². The summed E-state index contributed by atoms with van der Waals surface area (Å²) in [5.41, 5.74) is 12.0. The highest BCUT2D eigenvalue weighted by Gasteiger charge is 2.20. The van der Waals surface area contributed by atoms with Crippen molar-refractivity contribution in [2.75, 3.05) is 0 Å². The largest absolute Gasteiger partial charge is 0.264 e. The van der Waals surface area contributed by atoms with Gasteiger partial charge in [-0.25, -0.2) is 9.98 Å². The van der Waals surface area contributed by atoms with Crippen LogP contribution in [0.25, 0.3) is 22.3 Å². The second kappa shape index (κ2) is 10.4. The van der Waals surface area contributed by atoms with E-state index in [2.05, 4.69) is 94.9 Å². The van der Waals surface area contributed by atoms with Crippen molar-refractivity contribution in [3.63, 3.8) is 0 Å². The highest BCUT2D eigenvalue weighted by molar-refractivity contribution is 6.22. The van der Waals surface area contributed by atoms with E-state index in [1.165, 1.54) is 0 Å². The summed E-state index contributed by atoms with van der Waals surface area (Å²) in [6.45, 7) is 0. The van der Waals surface area contributed by atoms with Crippen LogP contribution in [0.5, 0.6) is 0 Å². The fourth-order valence-corrected chi connectivity index (χ4v) is 5.05. The summed E-state index contributed by atoms with van der Waals surface area (Å²) in [6.07, 6.45) is 7.35. The van der Waals surface area contributed by atoms with Crippen molar-refractivity contribution in [1.29, 1.82) is 0 Å². The zero-order valence-corrected chi connectivity index (χ0v) is 21.6. The van der Waals surface area contributed by atoms with Crippen molar-refractivity contribution < 1.29 is 0 Å². The van der Waals surface area contributed by atoms with Gasteiger partial charge in [-0.3, -0.25) is 9.97 Å².